The average molecular weight is 305 g/mol. The predicted octanol–water partition coefficient (Wildman–Crippen LogP) is 3.79. The van der Waals surface area contributed by atoms with Gasteiger partial charge in [0.05, 0.1) is 12.2 Å². The molecule has 0 radical (unpaired) electrons. The highest BCUT2D eigenvalue weighted by molar-refractivity contribution is 6.30. The fraction of sp³-hybridized carbons (Fsp3) is 0.176. The number of hydrogen-bond acceptors (Lipinski definition) is 2. The highest BCUT2D eigenvalue weighted by Gasteiger charge is 2.05. The van der Waals surface area contributed by atoms with Crippen LogP contribution in [-0.4, -0.2) is 11.7 Å². The molecule has 4 heteroatoms. The molecule has 0 aliphatic carbocycles. The van der Waals surface area contributed by atoms with E-state index >= 15 is 0 Å². The molecule has 0 saturated carbocycles. The van der Waals surface area contributed by atoms with E-state index in [9.17, 15) is 4.39 Å². The van der Waals surface area contributed by atoms with Crippen molar-refractivity contribution in [2.45, 2.75) is 13.0 Å². The summed E-state index contributed by atoms with van der Waals surface area (Å²) in [4.78, 5) is 0. The first kappa shape index (κ1) is 15.4. The highest BCUT2D eigenvalue weighted by atomic mass is 35.5. The van der Waals surface area contributed by atoms with E-state index in [2.05, 4.69) is 11.8 Å². The Morgan fingerprint density at radius 1 is 1.19 bits per heavy atom. The first-order valence-corrected chi connectivity index (χ1v) is 6.84. The molecule has 0 amide bonds. The molecule has 0 fully saturated rings. The van der Waals surface area contributed by atoms with Gasteiger partial charge in [0, 0.05) is 17.0 Å². The van der Waals surface area contributed by atoms with E-state index in [0.717, 1.165) is 0 Å². The molecule has 2 nitrogen and oxygen atoms in total. The Hall–Kier alpha value is -2.02. The first-order chi connectivity index (χ1) is 10.2. The van der Waals surface area contributed by atoms with Gasteiger partial charge < -0.3 is 9.84 Å². The minimum absolute atomic E-state index is 0.0199. The van der Waals surface area contributed by atoms with Crippen molar-refractivity contribution in [1.82, 2.24) is 0 Å². The second kappa shape index (κ2) is 7.68. The lowest BCUT2D eigenvalue weighted by Gasteiger charge is -2.09. The van der Waals surface area contributed by atoms with Crippen molar-refractivity contribution in [1.29, 1.82) is 0 Å². The minimum Gasteiger partial charge on any atom is -0.487 e. The molecule has 0 aliphatic rings. The van der Waals surface area contributed by atoms with E-state index in [1.807, 2.05) is 18.2 Å². The van der Waals surface area contributed by atoms with Gasteiger partial charge in [0.2, 0.25) is 0 Å². The van der Waals surface area contributed by atoms with Crippen molar-refractivity contribution in [3.05, 3.63) is 64.4 Å². The van der Waals surface area contributed by atoms with Crippen LogP contribution < -0.4 is 4.74 Å². The van der Waals surface area contributed by atoms with Gasteiger partial charge in [-0.1, -0.05) is 41.6 Å². The maximum absolute atomic E-state index is 13.7. The van der Waals surface area contributed by atoms with Crippen LogP contribution in [0, 0.1) is 17.7 Å². The molecule has 0 heterocycles. The maximum Gasteiger partial charge on any atom is 0.135 e. The summed E-state index contributed by atoms with van der Waals surface area (Å²) in [5, 5.41) is 9.09. The number of ether oxygens (including phenoxy) is 1. The average Bonchev–Trinajstić information content (AvgIpc) is 2.48. The molecule has 0 spiro atoms. The van der Waals surface area contributed by atoms with Crippen LogP contribution in [0.2, 0.25) is 5.02 Å². The Balaban J connectivity index is 2.11. The number of halogens is 2. The third-order valence-corrected chi connectivity index (χ3v) is 2.98. The molecule has 0 saturated heterocycles. The van der Waals surface area contributed by atoms with Crippen LogP contribution >= 0.6 is 11.6 Å². The van der Waals surface area contributed by atoms with Gasteiger partial charge in [-0.05, 0) is 24.3 Å². The molecule has 0 aliphatic heterocycles. The molecule has 1 N–H and O–H groups in total. The standard InChI is InChI=1S/C17H14ClFO2/c18-15-9-8-14(16(19)11-15)12-21-17-7-2-1-5-13(17)6-3-4-10-20/h1-2,5,7-9,11,20H,4,10,12H2. The van der Waals surface area contributed by atoms with Gasteiger partial charge in [0.1, 0.15) is 18.2 Å². The quantitative estimate of drug-likeness (QED) is 0.871. The summed E-state index contributed by atoms with van der Waals surface area (Å²) in [7, 11) is 0. The summed E-state index contributed by atoms with van der Waals surface area (Å²) in [6.45, 7) is 0.119. The zero-order chi connectivity index (χ0) is 15.1. The van der Waals surface area contributed by atoms with Crippen molar-refractivity contribution >= 4 is 11.6 Å². The van der Waals surface area contributed by atoms with E-state index < -0.39 is 5.82 Å². The third-order valence-electron chi connectivity index (χ3n) is 2.75. The fourth-order valence-electron chi connectivity index (χ4n) is 1.70. The third kappa shape index (κ3) is 4.49. The van der Waals surface area contributed by atoms with Gasteiger partial charge in [0.25, 0.3) is 0 Å². The Kier molecular flexibility index (Phi) is 5.62. The summed E-state index contributed by atoms with van der Waals surface area (Å²) in [6.07, 6.45) is 0.403. The second-order valence-corrected chi connectivity index (χ2v) is 4.73. The van der Waals surface area contributed by atoms with Crippen molar-refractivity contribution in [3.8, 4) is 17.6 Å². The predicted molar refractivity (Wildman–Crippen MR) is 80.8 cm³/mol. The van der Waals surface area contributed by atoms with E-state index in [1.54, 1.807) is 18.2 Å². The SMILES string of the molecule is OCCC#Cc1ccccc1OCc1ccc(Cl)cc1F. The fourth-order valence-corrected chi connectivity index (χ4v) is 1.86. The molecule has 2 aromatic rings. The minimum atomic E-state index is -0.397. The monoisotopic (exact) mass is 304 g/mol. The van der Waals surface area contributed by atoms with Gasteiger partial charge in [-0.15, -0.1) is 0 Å². The lowest BCUT2D eigenvalue weighted by atomic mass is 10.2. The van der Waals surface area contributed by atoms with Crippen LogP contribution in [0.1, 0.15) is 17.5 Å². The van der Waals surface area contributed by atoms with Crippen LogP contribution in [-0.2, 0) is 6.61 Å². The number of hydrogen-bond donors (Lipinski definition) is 1. The summed E-state index contributed by atoms with van der Waals surface area (Å²) >= 11 is 5.71. The Labute approximate surface area is 128 Å². The number of aliphatic hydroxyl groups excluding tert-OH is 1. The smallest absolute Gasteiger partial charge is 0.135 e. The van der Waals surface area contributed by atoms with Crippen molar-refractivity contribution < 1.29 is 14.2 Å². The van der Waals surface area contributed by atoms with Gasteiger partial charge in [-0.25, -0.2) is 4.39 Å². The second-order valence-electron chi connectivity index (χ2n) is 4.30. The summed E-state index contributed by atoms with van der Waals surface area (Å²) in [5.41, 5.74) is 1.14. The zero-order valence-electron chi connectivity index (χ0n) is 11.3. The van der Waals surface area contributed by atoms with Crippen LogP contribution in [0.5, 0.6) is 5.75 Å². The Morgan fingerprint density at radius 2 is 2.00 bits per heavy atom. The first-order valence-electron chi connectivity index (χ1n) is 6.46. The topological polar surface area (TPSA) is 29.5 Å². The highest BCUT2D eigenvalue weighted by Crippen LogP contribution is 2.20. The number of aliphatic hydroxyl groups is 1. The molecular weight excluding hydrogens is 291 g/mol. The van der Waals surface area contributed by atoms with Gasteiger partial charge in [-0.3, -0.25) is 0 Å². The Bertz CT molecular complexity index is 674. The molecule has 21 heavy (non-hydrogen) atoms. The Morgan fingerprint density at radius 3 is 2.76 bits per heavy atom. The molecule has 2 aromatic carbocycles. The molecule has 0 aromatic heterocycles. The molecule has 0 bridgehead atoms. The van der Waals surface area contributed by atoms with E-state index in [0.29, 0.717) is 28.3 Å². The summed E-state index contributed by atoms with van der Waals surface area (Å²) in [5.74, 6) is 5.95. The van der Waals surface area contributed by atoms with Crippen molar-refractivity contribution in [3.63, 3.8) is 0 Å². The molecule has 0 unspecified atom stereocenters. The summed E-state index contributed by atoms with van der Waals surface area (Å²) < 4.78 is 19.3. The maximum atomic E-state index is 13.7. The number of rotatable bonds is 4. The van der Waals surface area contributed by atoms with Gasteiger partial charge in [-0.2, -0.15) is 0 Å². The number of para-hydroxylation sites is 1. The molecular formula is C17H14ClFO2. The van der Waals surface area contributed by atoms with Gasteiger partial charge >= 0.3 is 0 Å². The van der Waals surface area contributed by atoms with Crippen LogP contribution in [0.15, 0.2) is 42.5 Å². The van der Waals surface area contributed by atoms with E-state index in [4.69, 9.17) is 21.4 Å². The van der Waals surface area contributed by atoms with Crippen LogP contribution in [0.3, 0.4) is 0 Å². The molecule has 0 atom stereocenters. The normalized spacial score (nSPS) is 9.86. The summed E-state index contributed by atoms with van der Waals surface area (Å²) in [6, 6.07) is 11.7. The van der Waals surface area contributed by atoms with Gasteiger partial charge in [0.15, 0.2) is 0 Å². The van der Waals surface area contributed by atoms with E-state index in [1.165, 1.54) is 6.07 Å². The largest absolute Gasteiger partial charge is 0.487 e. The number of benzene rings is 2. The molecule has 2 rings (SSSR count). The van der Waals surface area contributed by atoms with Crippen molar-refractivity contribution in [2.24, 2.45) is 0 Å². The molecule has 108 valence electrons. The lowest BCUT2D eigenvalue weighted by Crippen LogP contribution is -1.99. The van der Waals surface area contributed by atoms with Crippen LogP contribution in [0.4, 0.5) is 4.39 Å². The lowest BCUT2D eigenvalue weighted by molar-refractivity contribution is 0.299. The zero-order valence-corrected chi connectivity index (χ0v) is 12.0. The van der Waals surface area contributed by atoms with E-state index in [-0.39, 0.29) is 13.2 Å². The van der Waals surface area contributed by atoms with Crippen LogP contribution in [0.25, 0.3) is 0 Å². The van der Waals surface area contributed by atoms with Crippen molar-refractivity contribution in [2.75, 3.05) is 6.61 Å².